The van der Waals surface area contributed by atoms with Crippen LogP contribution in [0.4, 0.5) is 4.79 Å². The SMILES string of the molecule is CC1(C)CCC(C2(C#N)CC2)N(C(=O)OC(C)(C)C)C1. The molecule has 0 spiro atoms. The van der Waals surface area contributed by atoms with Crippen molar-refractivity contribution in [3.8, 4) is 6.07 Å². The zero-order valence-corrected chi connectivity index (χ0v) is 13.3. The molecule has 1 aliphatic heterocycles. The van der Waals surface area contributed by atoms with Crippen molar-refractivity contribution < 1.29 is 9.53 Å². The highest BCUT2D eigenvalue weighted by molar-refractivity contribution is 5.69. The van der Waals surface area contributed by atoms with E-state index in [1.54, 1.807) is 0 Å². The Labute approximate surface area is 122 Å². The largest absolute Gasteiger partial charge is 0.444 e. The van der Waals surface area contributed by atoms with Gasteiger partial charge in [-0.1, -0.05) is 13.8 Å². The van der Waals surface area contributed by atoms with Crippen LogP contribution in [-0.4, -0.2) is 29.2 Å². The molecule has 1 atom stereocenters. The van der Waals surface area contributed by atoms with E-state index in [0.717, 1.165) is 25.7 Å². The van der Waals surface area contributed by atoms with Crippen molar-refractivity contribution in [3.05, 3.63) is 0 Å². The van der Waals surface area contributed by atoms with Gasteiger partial charge < -0.3 is 9.64 Å². The second kappa shape index (κ2) is 4.65. The van der Waals surface area contributed by atoms with E-state index in [1.165, 1.54) is 0 Å². The third kappa shape index (κ3) is 3.08. The molecule has 2 fully saturated rings. The van der Waals surface area contributed by atoms with E-state index in [1.807, 2.05) is 25.7 Å². The maximum Gasteiger partial charge on any atom is 0.410 e. The highest BCUT2D eigenvalue weighted by Crippen LogP contribution is 2.54. The van der Waals surface area contributed by atoms with Gasteiger partial charge in [0.15, 0.2) is 0 Å². The van der Waals surface area contributed by atoms with Crippen LogP contribution >= 0.6 is 0 Å². The second-order valence-electron chi connectivity index (χ2n) is 8.09. The first-order valence-corrected chi connectivity index (χ1v) is 7.50. The van der Waals surface area contributed by atoms with E-state index in [2.05, 4.69) is 19.9 Å². The Kier molecular flexibility index (Phi) is 3.52. The Morgan fingerprint density at radius 2 is 1.90 bits per heavy atom. The van der Waals surface area contributed by atoms with Gasteiger partial charge >= 0.3 is 6.09 Å². The molecule has 4 nitrogen and oxygen atoms in total. The van der Waals surface area contributed by atoms with Gasteiger partial charge in [0.25, 0.3) is 0 Å². The summed E-state index contributed by atoms with van der Waals surface area (Å²) in [5.41, 5.74) is -0.709. The lowest BCUT2D eigenvalue weighted by Crippen LogP contribution is -2.54. The minimum Gasteiger partial charge on any atom is -0.444 e. The molecular weight excluding hydrogens is 252 g/mol. The van der Waals surface area contributed by atoms with Gasteiger partial charge in [-0.05, 0) is 51.9 Å². The minimum absolute atomic E-state index is 0.0235. The van der Waals surface area contributed by atoms with Crippen LogP contribution in [-0.2, 0) is 4.74 Å². The zero-order chi connectivity index (χ0) is 15.2. The average Bonchev–Trinajstić information content (AvgIpc) is 3.06. The lowest BCUT2D eigenvalue weighted by molar-refractivity contribution is -0.0163. The number of likely N-dealkylation sites (tertiary alicyclic amines) is 1. The van der Waals surface area contributed by atoms with E-state index >= 15 is 0 Å². The molecule has 0 radical (unpaired) electrons. The Balaban J connectivity index is 2.19. The summed E-state index contributed by atoms with van der Waals surface area (Å²) in [6.45, 7) is 10.7. The van der Waals surface area contributed by atoms with Gasteiger partial charge in [0.1, 0.15) is 5.60 Å². The Morgan fingerprint density at radius 3 is 2.35 bits per heavy atom. The molecule has 4 heteroatoms. The second-order valence-corrected chi connectivity index (χ2v) is 8.09. The molecule has 2 aliphatic rings. The van der Waals surface area contributed by atoms with Gasteiger partial charge in [-0.15, -0.1) is 0 Å². The molecule has 0 aromatic rings. The van der Waals surface area contributed by atoms with Gasteiger partial charge in [-0.2, -0.15) is 5.26 Å². The van der Waals surface area contributed by atoms with Crippen LogP contribution in [0.1, 0.15) is 60.3 Å². The summed E-state index contributed by atoms with van der Waals surface area (Å²) in [5.74, 6) is 0. The Hall–Kier alpha value is -1.24. The first-order chi connectivity index (χ1) is 9.09. The van der Waals surface area contributed by atoms with Crippen LogP contribution in [0.15, 0.2) is 0 Å². The lowest BCUT2D eigenvalue weighted by atomic mass is 9.77. The monoisotopic (exact) mass is 278 g/mol. The number of nitrogens with zero attached hydrogens (tertiary/aromatic N) is 2. The first-order valence-electron chi connectivity index (χ1n) is 7.50. The fraction of sp³-hybridized carbons (Fsp3) is 0.875. The molecule has 1 aliphatic carbocycles. The highest BCUT2D eigenvalue weighted by atomic mass is 16.6. The number of ether oxygens (including phenoxy) is 1. The molecule has 0 aromatic heterocycles. The standard InChI is InChI=1S/C16H26N2O2/c1-14(2,3)20-13(19)18-11-15(4,5)7-6-12(18)16(10-17)8-9-16/h12H,6-9,11H2,1-5H3. The molecule has 112 valence electrons. The number of piperidine rings is 1. The van der Waals surface area contributed by atoms with Crippen LogP contribution in [0, 0.1) is 22.2 Å². The maximum absolute atomic E-state index is 12.5. The molecule has 2 rings (SSSR count). The van der Waals surface area contributed by atoms with Crippen LogP contribution in [0.25, 0.3) is 0 Å². The maximum atomic E-state index is 12.5. The van der Waals surface area contributed by atoms with Gasteiger partial charge in [0, 0.05) is 6.54 Å². The molecule has 1 saturated carbocycles. The van der Waals surface area contributed by atoms with Crippen molar-refractivity contribution in [2.24, 2.45) is 10.8 Å². The van der Waals surface area contributed by atoms with Crippen molar-refractivity contribution in [1.82, 2.24) is 4.90 Å². The fourth-order valence-corrected chi connectivity index (χ4v) is 3.07. The van der Waals surface area contributed by atoms with E-state index in [4.69, 9.17) is 4.74 Å². The summed E-state index contributed by atoms with van der Waals surface area (Å²) >= 11 is 0. The number of hydrogen-bond donors (Lipinski definition) is 0. The third-order valence-corrected chi connectivity index (χ3v) is 4.35. The van der Waals surface area contributed by atoms with Crippen LogP contribution in [0.2, 0.25) is 0 Å². The molecule has 1 unspecified atom stereocenters. The van der Waals surface area contributed by atoms with Crippen molar-refractivity contribution >= 4 is 6.09 Å². The summed E-state index contributed by atoms with van der Waals surface area (Å²) in [5, 5.41) is 9.44. The molecule has 0 N–H and O–H groups in total. The third-order valence-electron chi connectivity index (χ3n) is 4.35. The quantitative estimate of drug-likeness (QED) is 0.734. The minimum atomic E-state index is -0.493. The first kappa shape index (κ1) is 15.2. The number of rotatable bonds is 1. The molecule has 1 amide bonds. The topological polar surface area (TPSA) is 53.3 Å². The number of carbonyl (C=O) groups is 1. The molecule has 1 heterocycles. The van der Waals surface area contributed by atoms with Crippen LogP contribution < -0.4 is 0 Å². The predicted molar refractivity (Wildman–Crippen MR) is 77.0 cm³/mol. The van der Waals surface area contributed by atoms with Crippen LogP contribution in [0.5, 0.6) is 0 Å². The zero-order valence-electron chi connectivity index (χ0n) is 13.3. The number of carbonyl (C=O) groups excluding carboxylic acids is 1. The van der Waals surface area contributed by atoms with E-state index in [0.29, 0.717) is 6.54 Å². The highest BCUT2D eigenvalue weighted by Gasteiger charge is 2.56. The Bertz CT molecular complexity index is 438. The molecule has 20 heavy (non-hydrogen) atoms. The van der Waals surface area contributed by atoms with E-state index in [9.17, 15) is 10.1 Å². The van der Waals surface area contributed by atoms with E-state index in [-0.39, 0.29) is 23.0 Å². The summed E-state index contributed by atoms with van der Waals surface area (Å²) in [6.07, 6.45) is 3.51. The predicted octanol–water partition coefficient (Wildman–Crippen LogP) is 3.72. The summed E-state index contributed by atoms with van der Waals surface area (Å²) in [7, 11) is 0. The molecular formula is C16H26N2O2. The summed E-state index contributed by atoms with van der Waals surface area (Å²) < 4.78 is 5.55. The molecule has 0 bridgehead atoms. The van der Waals surface area contributed by atoms with Crippen LogP contribution in [0.3, 0.4) is 0 Å². The van der Waals surface area contributed by atoms with Gasteiger partial charge in [-0.3, -0.25) is 0 Å². The number of nitriles is 1. The van der Waals surface area contributed by atoms with Crippen molar-refractivity contribution in [1.29, 1.82) is 5.26 Å². The van der Waals surface area contributed by atoms with Crippen molar-refractivity contribution in [2.45, 2.75) is 71.9 Å². The van der Waals surface area contributed by atoms with Gasteiger partial charge in [0.05, 0.1) is 17.5 Å². The molecule has 1 saturated heterocycles. The molecule has 0 aromatic carbocycles. The number of hydrogen-bond acceptors (Lipinski definition) is 3. The van der Waals surface area contributed by atoms with Crippen molar-refractivity contribution in [2.75, 3.05) is 6.54 Å². The normalized spacial score (nSPS) is 27.6. The Morgan fingerprint density at radius 1 is 1.30 bits per heavy atom. The fourth-order valence-electron chi connectivity index (χ4n) is 3.07. The van der Waals surface area contributed by atoms with E-state index < -0.39 is 5.60 Å². The summed E-state index contributed by atoms with van der Waals surface area (Å²) in [6, 6.07) is 2.47. The summed E-state index contributed by atoms with van der Waals surface area (Å²) in [4.78, 5) is 14.3. The lowest BCUT2D eigenvalue weighted by Gasteiger charge is -2.45. The average molecular weight is 278 g/mol. The van der Waals surface area contributed by atoms with Gasteiger partial charge in [-0.25, -0.2) is 4.79 Å². The number of amides is 1. The smallest absolute Gasteiger partial charge is 0.410 e. The van der Waals surface area contributed by atoms with Crippen molar-refractivity contribution in [3.63, 3.8) is 0 Å². The van der Waals surface area contributed by atoms with Gasteiger partial charge in [0.2, 0.25) is 0 Å².